The number of carbonyl (C=O) groups excluding carboxylic acids is 1. The van der Waals surface area contributed by atoms with Crippen LogP contribution in [0.15, 0.2) is 40.6 Å². The van der Waals surface area contributed by atoms with Gasteiger partial charge in [-0.15, -0.1) is 0 Å². The van der Waals surface area contributed by atoms with E-state index in [0.29, 0.717) is 11.6 Å². The summed E-state index contributed by atoms with van der Waals surface area (Å²) in [7, 11) is 0. The number of amides is 1. The number of nitrogens with one attached hydrogen (secondary N) is 1. The summed E-state index contributed by atoms with van der Waals surface area (Å²) < 4.78 is 0. The SMILES string of the molecule is O=C1NCC(O)=C1C=NCc1ccccc1Cl. The molecule has 1 amide bonds. The Morgan fingerprint density at radius 2 is 2.24 bits per heavy atom. The van der Waals surface area contributed by atoms with Crippen molar-refractivity contribution in [2.45, 2.75) is 6.54 Å². The highest BCUT2D eigenvalue weighted by Gasteiger charge is 2.19. The molecule has 2 rings (SSSR count). The molecular weight excluding hydrogens is 240 g/mol. The lowest BCUT2D eigenvalue weighted by atomic mass is 10.2. The lowest BCUT2D eigenvalue weighted by Gasteiger charge is -1.99. The predicted molar refractivity (Wildman–Crippen MR) is 66.3 cm³/mol. The Bertz CT molecular complexity index is 509. The topological polar surface area (TPSA) is 61.7 Å². The third-order valence-corrected chi connectivity index (χ3v) is 2.78. The number of hydrogen-bond donors (Lipinski definition) is 2. The van der Waals surface area contributed by atoms with Gasteiger partial charge in [0.05, 0.1) is 18.7 Å². The van der Waals surface area contributed by atoms with Crippen LogP contribution in [0.3, 0.4) is 0 Å². The van der Waals surface area contributed by atoms with Gasteiger partial charge in [-0.3, -0.25) is 9.79 Å². The Morgan fingerprint density at radius 3 is 2.88 bits per heavy atom. The number of carbonyl (C=O) groups is 1. The van der Waals surface area contributed by atoms with E-state index in [1.165, 1.54) is 6.21 Å². The van der Waals surface area contributed by atoms with E-state index in [-0.39, 0.29) is 23.8 Å². The molecule has 1 heterocycles. The van der Waals surface area contributed by atoms with Crippen molar-refractivity contribution in [2.24, 2.45) is 4.99 Å². The number of halogens is 1. The zero-order valence-electron chi connectivity index (χ0n) is 8.98. The summed E-state index contributed by atoms with van der Waals surface area (Å²) in [4.78, 5) is 15.3. The minimum Gasteiger partial charge on any atom is -0.510 e. The van der Waals surface area contributed by atoms with Gasteiger partial charge in [0, 0.05) is 11.2 Å². The van der Waals surface area contributed by atoms with Crippen molar-refractivity contribution in [3.8, 4) is 0 Å². The maximum absolute atomic E-state index is 11.2. The van der Waals surface area contributed by atoms with E-state index in [4.69, 9.17) is 11.6 Å². The summed E-state index contributed by atoms with van der Waals surface area (Å²) >= 11 is 5.96. The van der Waals surface area contributed by atoms with Gasteiger partial charge in [-0.05, 0) is 11.6 Å². The maximum atomic E-state index is 11.2. The van der Waals surface area contributed by atoms with Crippen molar-refractivity contribution in [1.29, 1.82) is 0 Å². The van der Waals surface area contributed by atoms with Crippen molar-refractivity contribution in [1.82, 2.24) is 5.32 Å². The average Bonchev–Trinajstić information content (AvgIpc) is 2.63. The largest absolute Gasteiger partial charge is 0.510 e. The molecule has 0 aromatic heterocycles. The van der Waals surface area contributed by atoms with Gasteiger partial charge in [0.1, 0.15) is 5.76 Å². The molecule has 1 aromatic rings. The molecule has 17 heavy (non-hydrogen) atoms. The number of aliphatic hydroxyl groups is 1. The van der Waals surface area contributed by atoms with E-state index >= 15 is 0 Å². The number of benzene rings is 1. The van der Waals surface area contributed by atoms with E-state index in [1.807, 2.05) is 18.2 Å². The molecule has 1 aromatic carbocycles. The number of aliphatic imine (C=N–C) groups is 1. The van der Waals surface area contributed by atoms with E-state index < -0.39 is 0 Å². The summed E-state index contributed by atoms with van der Waals surface area (Å²) in [5, 5.41) is 12.5. The normalized spacial score (nSPS) is 15.7. The monoisotopic (exact) mass is 250 g/mol. The molecule has 4 nitrogen and oxygen atoms in total. The smallest absolute Gasteiger partial charge is 0.256 e. The quantitative estimate of drug-likeness (QED) is 0.805. The van der Waals surface area contributed by atoms with Gasteiger partial charge >= 0.3 is 0 Å². The fourth-order valence-corrected chi connectivity index (χ4v) is 1.68. The lowest BCUT2D eigenvalue weighted by Crippen LogP contribution is -2.17. The third kappa shape index (κ3) is 2.65. The molecule has 1 aliphatic rings. The number of aliphatic hydroxyl groups excluding tert-OH is 1. The molecule has 1 aliphatic heterocycles. The van der Waals surface area contributed by atoms with Gasteiger partial charge in [0.15, 0.2) is 0 Å². The van der Waals surface area contributed by atoms with Crippen molar-refractivity contribution >= 4 is 23.7 Å². The van der Waals surface area contributed by atoms with Crippen LogP contribution < -0.4 is 5.32 Å². The van der Waals surface area contributed by atoms with Gasteiger partial charge in [0.2, 0.25) is 0 Å². The first-order valence-corrected chi connectivity index (χ1v) is 5.50. The van der Waals surface area contributed by atoms with E-state index in [2.05, 4.69) is 10.3 Å². The van der Waals surface area contributed by atoms with Gasteiger partial charge in [0.25, 0.3) is 5.91 Å². The summed E-state index contributed by atoms with van der Waals surface area (Å²) in [6.07, 6.45) is 1.38. The minimum atomic E-state index is -0.301. The van der Waals surface area contributed by atoms with Crippen molar-refractivity contribution < 1.29 is 9.90 Å². The molecule has 88 valence electrons. The second-order valence-electron chi connectivity index (χ2n) is 3.60. The van der Waals surface area contributed by atoms with Crippen molar-refractivity contribution in [3.63, 3.8) is 0 Å². The zero-order valence-corrected chi connectivity index (χ0v) is 9.74. The van der Waals surface area contributed by atoms with Gasteiger partial charge in [-0.2, -0.15) is 0 Å². The second kappa shape index (κ2) is 5.01. The standard InChI is InChI=1S/C12H11ClN2O2/c13-10-4-2-1-3-8(10)5-14-6-9-11(16)7-15-12(9)17/h1-4,6,16H,5,7H2,(H,15,17). The van der Waals surface area contributed by atoms with Crippen LogP contribution in [0.1, 0.15) is 5.56 Å². The van der Waals surface area contributed by atoms with E-state index in [0.717, 1.165) is 5.56 Å². The number of hydrogen-bond acceptors (Lipinski definition) is 3. The zero-order chi connectivity index (χ0) is 12.3. The van der Waals surface area contributed by atoms with Crippen LogP contribution in [0.5, 0.6) is 0 Å². The molecule has 0 saturated carbocycles. The molecule has 0 atom stereocenters. The highest BCUT2D eigenvalue weighted by molar-refractivity contribution is 6.31. The average molecular weight is 251 g/mol. The van der Waals surface area contributed by atoms with Crippen molar-refractivity contribution in [2.75, 3.05) is 6.54 Å². The Kier molecular flexibility index (Phi) is 3.44. The molecule has 0 bridgehead atoms. The van der Waals surface area contributed by atoms with Crippen LogP contribution >= 0.6 is 11.6 Å². The number of nitrogens with zero attached hydrogens (tertiary/aromatic N) is 1. The molecule has 5 heteroatoms. The highest BCUT2D eigenvalue weighted by atomic mass is 35.5. The fourth-order valence-electron chi connectivity index (χ4n) is 1.48. The van der Waals surface area contributed by atoms with Crippen LogP contribution in [-0.2, 0) is 11.3 Å². The van der Waals surface area contributed by atoms with E-state index in [1.54, 1.807) is 6.07 Å². The second-order valence-corrected chi connectivity index (χ2v) is 4.01. The Morgan fingerprint density at radius 1 is 1.47 bits per heavy atom. The first-order valence-electron chi connectivity index (χ1n) is 5.12. The summed E-state index contributed by atoms with van der Waals surface area (Å²) in [6, 6.07) is 7.36. The van der Waals surface area contributed by atoms with Crippen LogP contribution in [-0.4, -0.2) is 23.8 Å². The van der Waals surface area contributed by atoms with E-state index in [9.17, 15) is 9.90 Å². The molecule has 0 spiro atoms. The van der Waals surface area contributed by atoms with Gasteiger partial charge in [-0.25, -0.2) is 0 Å². The first-order chi connectivity index (χ1) is 8.18. The molecule has 0 fully saturated rings. The molecule has 0 aliphatic carbocycles. The first kappa shape index (κ1) is 11.7. The summed E-state index contributed by atoms with van der Waals surface area (Å²) in [5.41, 5.74) is 1.10. The van der Waals surface area contributed by atoms with Crippen LogP contribution in [0.25, 0.3) is 0 Å². The number of rotatable bonds is 3. The van der Waals surface area contributed by atoms with Crippen LogP contribution in [0.2, 0.25) is 5.02 Å². The Labute approximate surface area is 104 Å². The Balaban J connectivity index is 2.06. The molecular formula is C12H11ClN2O2. The minimum absolute atomic E-state index is 0.0258. The van der Waals surface area contributed by atoms with Gasteiger partial charge < -0.3 is 10.4 Å². The highest BCUT2D eigenvalue weighted by Crippen LogP contribution is 2.15. The molecule has 0 saturated heterocycles. The molecule has 0 unspecified atom stereocenters. The lowest BCUT2D eigenvalue weighted by molar-refractivity contribution is -0.116. The van der Waals surface area contributed by atoms with Crippen LogP contribution in [0, 0.1) is 0 Å². The Hall–Kier alpha value is -1.81. The van der Waals surface area contributed by atoms with Crippen molar-refractivity contribution in [3.05, 3.63) is 46.2 Å². The maximum Gasteiger partial charge on any atom is 0.256 e. The fraction of sp³-hybridized carbons (Fsp3) is 0.167. The molecule has 0 radical (unpaired) electrons. The molecule has 2 N–H and O–H groups in total. The summed E-state index contributed by atoms with van der Waals surface area (Å²) in [6.45, 7) is 0.552. The van der Waals surface area contributed by atoms with Gasteiger partial charge in [-0.1, -0.05) is 29.8 Å². The summed E-state index contributed by atoms with van der Waals surface area (Å²) in [5.74, 6) is -0.275. The predicted octanol–water partition coefficient (Wildman–Crippen LogP) is 1.85. The van der Waals surface area contributed by atoms with Crippen LogP contribution in [0.4, 0.5) is 0 Å². The third-order valence-electron chi connectivity index (χ3n) is 2.41.